The molecule has 1 aliphatic heterocycles. The maximum Gasteiger partial charge on any atom is 0.405 e. The second-order valence-electron chi connectivity index (χ2n) is 8.36. The number of ether oxygens (including phenoxy) is 3. The summed E-state index contributed by atoms with van der Waals surface area (Å²) in [6.45, 7) is 0.0738. The minimum Gasteiger partial charge on any atom is -0.507 e. The number of aromatic hydroxyl groups is 1. The first-order valence-electron chi connectivity index (χ1n) is 11.1. The first kappa shape index (κ1) is 26.0. The SMILES string of the molecule is COc1ccc(C2C(c3ccc(OCc4ccc([N+](=O)[O-])cc4)cc3O)NNC2C(F)(F)F)cc1OC. The summed E-state index contributed by atoms with van der Waals surface area (Å²) in [6.07, 6.45) is -4.58. The lowest BCUT2D eigenvalue weighted by molar-refractivity contribution is -0.384. The number of nitrogens with zero attached hydrogens (tertiary/aromatic N) is 1. The Balaban J connectivity index is 1.59. The number of rotatable bonds is 8. The molecule has 12 heteroatoms. The molecule has 3 atom stereocenters. The molecule has 3 aromatic rings. The Hall–Kier alpha value is -4.03. The minimum atomic E-state index is -4.58. The van der Waals surface area contributed by atoms with Crippen molar-refractivity contribution in [2.75, 3.05) is 14.2 Å². The monoisotopic (exact) mass is 519 g/mol. The zero-order valence-electron chi connectivity index (χ0n) is 19.8. The maximum atomic E-state index is 13.9. The predicted molar refractivity (Wildman–Crippen MR) is 127 cm³/mol. The molecule has 3 N–H and O–H groups in total. The molecule has 1 saturated heterocycles. The van der Waals surface area contributed by atoms with Gasteiger partial charge in [0.25, 0.3) is 5.69 Å². The third-order valence-corrected chi connectivity index (χ3v) is 6.15. The molecule has 0 aromatic heterocycles. The van der Waals surface area contributed by atoms with Crippen LogP contribution >= 0.6 is 0 Å². The summed E-state index contributed by atoms with van der Waals surface area (Å²) in [6, 6.07) is 11.8. The molecule has 0 amide bonds. The minimum absolute atomic E-state index is 0.0513. The Labute approximate surface area is 209 Å². The lowest BCUT2D eigenvalue weighted by atomic mass is 9.83. The highest BCUT2D eigenvalue weighted by atomic mass is 19.4. The number of hydrogen-bond acceptors (Lipinski definition) is 8. The number of benzene rings is 3. The van der Waals surface area contributed by atoms with Gasteiger partial charge < -0.3 is 19.3 Å². The number of hydrazine groups is 1. The summed E-state index contributed by atoms with van der Waals surface area (Å²) in [7, 11) is 2.83. The van der Waals surface area contributed by atoms with Gasteiger partial charge in [-0.05, 0) is 41.5 Å². The largest absolute Gasteiger partial charge is 0.507 e. The molecule has 0 spiro atoms. The van der Waals surface area contributed by atoms with Crippen LogP contribution in [0.5, 0.6) is 23.0 Å². The van der Waals surface area contributed by atoms with Crippen molar-refractivity contribution in [2.45, 2.75) is 30.8 Å². The third kappa shape index (κ3) is 5.54. The van der Waals surface area contributed by atoms with E-state index >= 15 is 0 Å². The van der Waals surface area contributed by atoms with Gasteiger partial charge in [-0.1, -0.05) is 12.1 Å². The number of phenols is 1. The van der Waals surface area contributed by atoms with Gasteiger partial charge in [0.15, 0.2) is 11.5 Å². The van der Waals surface area contributed by atoms with Gasteiger partial charge in [0.1, 0.15) is 24.1 Å². The Morgan fingerprint density at radius 3 is 2.27 bits per heavy atom. The van der Waals surface area contributed by atoms with E-state index in [2.05, 4.69) is 10.9 Å². The standard InChI is InChI=1S/C25H24F3N3O6/c1-35-20-10-5-15(11-21(20)36-2)22-23(29-30-24(22)25(26,27)28)18-9-8-17(12-19(18)32)37-13-14-3-6-16(7-4-14)31(33)34/h3-12,22-24,29-30,32H,13H2,1-2H3. The van der Waals surface area contributed by atoms with Gasteiger partial charge in [-0.15, -0.1) is 0 Å². The van der Waals surface area contributed by atoms with Gasteiger partial charge in [-0.25, -0.2) is 10.9 Å². The molecule has 4 rings (SSSR count). The van der Waals surface area contributed by atoms with Crippen molar-refractivity contribution in [1.82, 2.24) is 10.9 Å². The van der Waals surface area contributed by atoms with Crippen LogP contribution in [-0.4, -0.2) is 36.5 Å². The highest BCUT2D eigenvalue weighted by molar-refractivity contribution is 5.48. The van der Waals surface area contributed by atoms with Crippen LogP contribution in [0.4, 0.5) is 18.9 Å². The van der Waals surface area contributed by atoms with Gasteiger partial charge in [0.2, 0.25) is 0 Å². The number of hydrogen-bond donors (Lipinski definition) is 3. The smallest absolute Gasteiger partial charge is 0.405 e. The van der Waals surface area contributed by atoms with Gasteiger partial charge >= 0.3 is 6.18 Å². The highest BCUT2D eigenvalue weighted by Crippen LogP contribution is 2.47. The van der Waals surface area contributed by atoms with Crippen LogP contribution in [0.1, 0.15) is 28.7 Å². The average molecular weight is 519 g/mol. The predicted octanol–water partition coefficient (Wildman–Crippen LogP) is 4.76. The van der Waals surface area contributed by atoms with Crippen LogP contribution < -0.4 is 25.1 Å². The van der Waals surface area contributed by atoms with Crippen LogP contribution in [-0.2, 0) is 6.61 Å². The molecule has 9 nitrogen and oxygen atoms in total. The highest BCUT2D eigenvalue weighted by Gasteiger charge is 2.52. The molecule has 0 saturated carbocycles. The zero-order valence-corrected chi connectivity index (χ0v) is 19.8. The van der Waals surface area contributed by atoms with Crippen LogP contribution in [0.15, 0.2) is 60.7 Å². The number of alkyl halides is 3. The zero-order chi connectivity index (χ0) is 26.7. The second-order valence-corrected chi connectivity index (χ2v) is 8.36. The maximum absolute atomic E-state index is 13.9. The summed E-state index contributed by atoms with van der Waals surface area (Å²) in [5, 5.41) is 21.5. The molecule has 1 fully saturated rings. The van der Waals surface area contributed by atoms with Crippen molar-refractivity contribution in [3.05, 3.63) is 87.5 Å². The summed E-state index contributed by atoms with van der Waals surface area (Å²) in [5.74, 6) is -0.458. The number of nitro benzene ring substituents is 1. The molecule has 196 valence electrons. The molecular weight excluding hydrogens is 495 g/mol. The first-order valence-corrected chi connectivity index (χ1v) is 11.1. The van der Waals surface area contributed by atoms with Crippen molar-refractivity contribution < 1.29 is 37.4 Å². The Bertz CT molecular complexity index is 1270. The second kappa shape index (κ2) is 10.5. The van der Waals surface area contributed by atoms with Crippen LogP contribution in [0.25, 0.3) is 0 Å². The van der Waals surface area contributed by atoms with Crippen molar-refractivity contribution in [3.8, 4) is 23.0 Å². The van der Waals surface area contributed by atoms with Gasteiger partial charge in [0.05, 0.1) is 25.2 Å². The van der Waals surface area contributed by atoms with Crippen LogP contribution in [0.2, 0.25) is 0 Å². The fourth-order valence-corrected chi connectivity index (χ4v) is 4.31. The van der Waals surface area contributed by atoms with Crippen molar-refractivity contribution in [3.63, 3.8) is 0 Å². The normalized spacial score (nSPS) is 19.4. The van der Waals surface area contributed by atoms with E-state index in [1.807, 2.05) is 0 Å². The molecular formula is C25H24F3N3O6. The Morgan fingerprint density at radius 1 is 0.973 bits per heavy atom. The van der Waals surface area contributed by atoms with Crippen molar-refractivity contribution in [1.29, 1.82) is 0 Å². The summed E-state index contributed by atoms with van der Waals surface area (Å²) >= 11 is 0. The molecule has 1 heterocycles. The van der Waals surface area contributed by atoms with Crippen molar-refractivity contribution in [2.24, 2.45) is 0 Å². The number of methoxy groups -OCH3 is 2. The van der Waals surface area contributed by atoms with E-state index in [0.29, 0.717) is 16.9 Å². The van der Waals surface area contributed by atoms with E-state index in [4.69, 9.17) is 14.2 Å². The fourth-order valence-electron chi connectivity index (χ4n) is 4.31. The van der Waals surface area contributed by atoms with Gasteiger partial charge in [-0.3, -0.25) is 10.1 Å². The van der Waals surface area contributed by atoms with E-state index in [0.717, 1.165) is 0 Å². The molecule has 0 aliphatic carbocycles. The van der Waals surface area contributed by atoms with E-state index in [1.165, 1.54) is 62.8 Å². The topological polar surface area (TPSA) is 115 Å². The van der Waals surface area contributed by atoms with Gasteiger partial charge in [0, 0.05) is 29.7 Å². The summed E-state index contributed by atoms with van der Waals surface area (Å²) in [5.41, 5.74) is 6.19. The van der Waals surface area contributed by atoms with E-state index in [1.54, 1.807) is 12.1 Å². The number of phenolic OH excluding ortho intramolecular Hbond substituents is 1. The third-order valence-electron chi connectivity index (χ3n) is 6.15. The Kier molecular flexibility index (Phi) is 7.41. The molecule has 0 radical (unpaired) electrons. The van der Waals surface area contributed by atoms with Crippen molar-refractivity contribution >= 4 is 5.69 Å². The Morgan fingerprint density at radius 2 is 1.68 bits per heavy atom. The van der Waals surface area contributed by atoms with E-state index < -0.39 is 29.1 Å². The summed E-state index contributed by atoms with van der Waals surface area (Å²) < 4.78 is 57.9. The quantitative estimate of drug-likeness (QED) is 0.288. The lowest BCUT2D eigenvalue weighted by Gasteiger charge is -2.26. The number of non-ortho nitro benzene ring substituents is 1. The van der Waals surface area contributed by atoms with E-state index in [-0.39, 0.29) is 35.1 Å². The molecule has 3 unspecified atom stereocenters. The summed E-state index contributed by atoms with van der Waals surface area (Å²) in [4.78, 5) is 10.3. The van der Waals surface area contributed by atoms with E-state index in [9.17, 15) is 28.4 Å². The number of nitrogens with one attached hydrogen (secondary N) is 2. The lowest BCUT2D eigenvalue weighted by Crippen LogP contribution is -2.43. The van der Waals surface area contributed by atoms with Gasteiger partial charge in [-0.2, -0.15) is 13.2 Å². The van der Waals surface area contributed by atoms with Crippen LogP contribution in [0, 0.1) is 10.1 Å². The number of halogens is 3. The van der Waals surface area contributed by atoms with Crippen LogP contribution in [0.3, 0.4) is 0 Å². The fraction of sp³-hybridized carbons (Fsp3) is 0.280. The molecule has 0 bridgehead atoms. The first-order chi connectivity index (χ1) is 17.6. The average Bonchev–Trinajstić information content (AvgIpc) is 3.33. The molecule has 37 heavy (non-hydrogen) atoms. The molecule has 3 aromatic carbocycles. The molecule has 1 aliphatic rings. The number of nitro groups is 1.